The standard InChI is InChI=1S/C29H29Cl2N7O/c1-29(2)16-39-10-9-25(29)35-26-17(13-32)14-33-27-21(26)11-18(12-23(27)31)34-28(20-5-3-4-6-22(20)30)24-15-38(37-36-24)19-7-8-19/h3-6,11-12,14-15,19,25,28,34H,7-10,16H2,1-2H3,(H,33,35)/i28D. The fourth-order valence-corrected chi connectivity index (χ4v) is 5.53. The van der Waals surface area contributed by atoms with E-state index in [9.17, 15) is 6.63 Å². The topological polar surface area (TPSA) is 101 Å². The highest BCUT2D eigenvalue weighted by Crippen LogP contribution is 2.39. The maximum Gasteiger partial charge on any atom is 0.110 e. The fourth-order valence-electron chi connectivity index (χ4n) is 5.03. The first-order valence-corrected chi connectivity index (χ1v) is 13.8. The van der Waals surface area contributed by atoms with Crippen molar-refractivity contribution in [2.24, 2.45) is 5.41 Å². The molecule has 0 amide bonds. The fraction of sp³-hybridized carbons (Fsp3) is 0.379. The summed E-state index contributed by atoms with van der Waals surface area (Å²) in [4.78, 5) is 4.50. The van der Waals surface area contributed by atoms with Gasteiger partial charge in [0, 0.05) is 40.4 Å². The predicted molar refractivity (Wildman–Crippen MR) is 153 cm³/mol. The molecule has 1 saturated heterocycles. The van der Waals surface area contributed by atoms with Gasteiger partial charge < -0.3 is 15.4 Å². The smallest absolute Gasteiger partial charge is 0.110 e. The number of halogens is 2. The highest BCUT2D eigenvalue weighted by molar-refractivity contribution is 6.36. The Labute approximate surface area is 238 Å². The van der Waals surface area contributed by atoms with Crippen molar-refractivity contribution in [3.8, 4) is 6.07 Å². The third-order valence-corrected chi connectivity index (χ3v) is 8.05. The van der Waals surface area contributed by atoms with Crippen LogP contribution in [0.2, 0.25) is 10.0 Å². The maximum atomic E-state index is 9.98. The third-order valence-electron chi connectivity index (χ3n) is 7.43. The summed E-state index contributed by atoms with van der Waals surface area (Å²) < 4.78 is 17.2. The maximum absolute atomic E-state index is 9.98. The van der Waals surface area contributed by atoms with Crippen LogP contribution in [0.4, 0.5) is 11.4 Å². The summed E-state index contributed by atoms with van der Waals surface area (Å²) in [6.07, 6.45) is 6.24. The van der Waals surface area contributed by atoms with Crippen molar-refractivity contribution >= 4 is 45.5 Å². The Bertz CT molecular complexity index is 1630. The van der Waals surface area contributed by atoms with Gasteiger partial charge in [-0.15, -0.1) is 5.10 Å². The van der Waals surface area contributed by atoms with Gasteiger partial charge >= 0.3 is 0 Å². The Balaban J connectivity index is 1.47. The van der Waals surface area contributed by atoms with Gasteiger partial charge in [0.25, 0.3) is 0 Å². The molecule has 1 aliphatic carbocycles. The summed E-state index contributed by atoms with van der Waals surface area (Å²) >= 11 is 13.4. The Morgan fingerprint density at radius 3 is 2.77 bits per heavy atom. The number of fused-ring (bicyclic) bond motifs is 1. The minimum atomic E-state index is -1.57. The average molecular weight is 564 g/mol. The van der Waals surface area contributed by atoms with E-state index in [2.05, 4.69) is 45.8 Å². The van der Waals surface area contributed by atoms with Crippen LogP contribution in [0.3, 0.4) is 0 Å². The van der Waals surface area contributed by atoms with Gasteiger partial charge in [-0.25, -0.2) is 4.68 Å². The lowest BCUT2D eigenvalue weighted by molar-refractivity contribution is 0.00350. The summed E-state index contributed by atoms with van der Waals surface area (Å²) in [5, 5.41) is 27.1. The van der Waals surface area contributed by atoms with Crippen molar-refractivity contribution in [1.82, 2.24) is 20.0 Å². The molecule has 2 aliphatic rings. The van der Waals surface area contributed by atoms with Crippen LogP contribution in [0.15, 0.2) is 48.8 Å². The number of nitrogens with zero attached hydrogens (tertiary/aromatic N) is 5. The minimum Gasteiger partial charge on any atom is -0.381 e. The van der Waals surface area contributed by atoms with Gasteiger partial charge in [-0.05, 0) is 43.0 Å². The van der Waals surface area contributed by atoms with Gasteiger partial charge in [0.15, 0.2) is 0 Å². The number of nitrogens with one attached hydrogen (secondary N) is 2. The minimum absolute atomic E-state index is 0.0743. The number of hydrogen-bond donors (Lipinski definition) is 2. The first kappa shape index (κ1) is 24.6. The van der Waals surface area contributed by atoms with E-state index >= 15 is 0 Å². The molecule has 4 aromatic rings. The van der Waals surface area contributed by atoms with E-state index in [4.69, 9.17) is 27.9 Å². The molecule has 0 radical (unpaired) electrons. The van der Waals surface area contributed by atoms with Crippen LogP contribution < -0.4 is 10.6 Å². The van der Waals surface area contributed by atoms with E-state index in [1.54, 1.807) is 30.6 Å². The van der Waals surface area contributed by atoms with Crippen LogP contribution in [0, 0.1) is 16.7 Å². The van der Waals surface area contributed by atoms with Crippen molar-refractivity contribution in [1.29, 1.82) is 5.26 Å². The third kappa shape index (κ3) is 5.14. The largest absolute Gasteiger partial charge is 0.381 e. The zero-order valence-electron chi connectivity index (χ0n) is 22.7. The molecule has 1 aliphatic heterocycles. The number of anilines is 2. The molecule has 200 valence electrons. The van der Waals surface area contributed by atoms with Crippen LogP contribution in [0.5, 0.6) is 0 Å². The Kier molecular flexibility index (Phi) is 6.51. The molecule has 2 aromatic heterocycles. The SMILES string of the molecule is [2H]C(Nc1cc(Cl)c2ncc(C#N)c(NC3CCOCC3(C)C)c2c1)(c1cn(C2CC2)nn1)c1ccccc1Cl. The summed E-state index contributed by atoms with van der Waals surface area (Å²) in [6, 6.07) is 11.9. The Morgan fingerprint density at radius 1 is 1.21 bits per heavy atom. The van der Waals surface area contributed by atoms with E-state index in [1.807, 2.05) is 22.9 Å². The van der Waals surface area contributed by atoms with Gasteiger partial charge in [0.2, 0.25) is 0 Å². The van der Waals surface area contributed by atoms with Crippen molar-refractivity contribution in [3.63, 3.8) is 0 Å². The lowest BCUT2D eigenvalue weighted by Crippen LogP contribution is -2.44. The summed E-state index contributed by atoms with van der Waals surface area (Å²) in [5.41, 5.74) is 2.99. The molecule has 8 nitrogen and oxygen atoms in total. The molecule has 2 N–H and O–H groups in total. The van der Waals surface area contributed by atoms with Crippen molar-refractivity contribution in [2.75, 3.05) is 23.8 Å². The highest BCUT2D eigenvalue weighted by atomic mass is 35.5. The number of pyridine rings is 1. The van der Waals surface area contributed by atoms with Crippen LogP contribution >= 0.6 is 23.2 Å². The zero-order valence-corrected chi connectivity index (χ0v) is 23.2. The van der Waals surface area contributed by atoms with Crippen LogP contribution in [-0.2, 0) is 4.74 Å². The highest BCUT2D eigenvalue weighted by Gasteiger charge is 2.34. The van der Waals surface area contributed by atoms with Crippen LogP contribution in [-0.4, -0.2) is 39.2 Å². The molecule has 39 heavy (non-hydrogen) atoms. The molecule has 3 heterocycles. The van der Waals surface area contributed by atoms with Gasteiger partial charge in [0.1, 0.15) is 11.8 Å². The molecule has 1 saturated carbocycles. The van der Waals surface area contributed by atoms with Gasteiger partial charge in [-0.2, -0.15) is 5.26 Å². The summed E-state index contributed by atoms with van der Waals surface area (Å²) in [7, 11) is 0. The molecule has 0 spiro atoms. The zero-order chi connectivity index (χ0) is 28.1. The van der Waals surface area contributed by atoms with E-state index in [0.717, 1.165) is 19.3 Å². The Hall–Kier alpha value is -3.38. The van der Waals surface area contributed by atoms with E-state index in [1.165, 1.54) is 0 Å². The second-order valence-corrected chi connectivity index (χ2v) is 11.6. The van der Waals surface area contributed by atoms with Crippen LogP contribution in [0.1, 0.15) is 63.4 Å². The molecular weight excluding hydrogens is 533 g/mol. The number of nitriles is 1. The molecule has 2 unspecified atom stereocenters. The second-order valence-electron chi connectivity index (χ2n) is 10.8. The van der Waals surface area contributed by atoms with Crippen molar-refractivity contribution < 1.29 is 6.11 Å². The van der Waals surface area contributed by atoms with E-state index in [-0.39, 0.29) is 11.5 Å². The van der Waals surface area contributed by atoms with E-state index in [0.29, 0.717) is 68.4 Å². The van der Waals surface area contributed by atoms with Gasteiger partial charge in [-0.3, -0.25) is 4.98 Å². The molecular formula is C29H29Cl2N7O. The summed E-state index contributed by atoms with van der Waals surface area (Å²) in [5.74, 6) is 0. The molecule has 2 fully saturated rings. The first-order chi connectivity index (χ1) is 19.2. The van der Waals surface area contributed by atoms with Crippen molar-refractivity contribution in [3.05, 3.63) is 75.7 Å². The first-order valence-electron chi connectivity index (χ1n) is 13.5. The lowest BCUT2D eigenvalue weighted by atomic mass is 9.81. The lowest BCUT2D eigenvalue weighted by Gasteiger charge is -2.39. The predicted octanol–water partition coefficient (Wildman–Crippen LogP) is 6.77. The average Bonchev–Trinajstić information content (AvgIpc) is 3.65. The normalized spacial score (nSPS) is 20.6. The van der Waals surface area contributed by atoms with E-state index < -0.39 is 6.02 Å². The number of aromatic nitrogens is 4. The van der Waals surface area contributed by atoms with Crippen LogP contribution in [0.25, 0.3) is 10.9 Å². The van der Waals surface area contributed by atoms with Gasteiger partial charge in [0.05, 0.1) is 48.0 Å². The monoisotopic (exact) mass is 562 g/mol. The molecule has 6 rings (SSSR count). The second kappa shape index (κ2) is 10.3. The number of ether oxygens (including phenoxy) is 1. The molecule has 0 bridgehead atoms. The molecule has 10 heteroatoms. The van der Waals surface area contributed by atoms with Gasteiger partial charge in [-0.1, -0.05) is 60.5 Å². The Morgan fingerprint density at radius 2 is 2.03 bits per heavy atom. The quantitative estimate of drug-likeness (QED) is 0.256. The number of benzene rings is 2. The molecule has 2 atom stereocenters. The van der Waals surface area contributed by atoms with Crippen molar-refractivity contribution in [2.45, 2.75) is 51.2 Å². The number of hydrogen-bond acceptors (Lipinski definition) is 7. The summed E-state index contributed by atoms with van der Waals surface area (Å²) in [6.45, 7) is 5.54. The number of rotatable bonds is 7. The molecule has 2 aromatic carbocycles.